The first kappa shape index (κ1) is 6.41. The van der Waals surface area contributed by atoms with Gasteiger partial charge in [-0.25, -0.2) is 0 Å². The summed E-state index contributed by atoms with van der Waals surface area (Å²) in [6, 6.07) is 0. The lowest BCUT2D eigenvalue weighted by Gasteiger charge is -1.84. The summed E-state index contributed by atoms with van der Waals surface area (Å²) in [5, 5.41) is 0. The van der Waals surface area contributed by atoms with E-state index in [9.17, 15) is 0 Å². The molecular formula is C6H11N. The third-order valence-corrected chi connectivity index (χ3v) is 0.724. The van der Waals surface area contributed by atoms with E-state index in [1.807, 2.05) is 6.08 Å². The van der Waals surface area contributed by atoms with Crippen molar-refractivity contribution in [3.63, 3.8) is 0 Å². The first-order valence-corrected chi connectivity index (χ1v) is 2.45. The van der Waals surface area contributed by atoms with Crippen LogP contribution in [0.5, 0.6) is 0 Å². The topological polar surface area (TPSA) is 12.4 Å². The van der Waals surface area contributed by atoms with E-state index in [0.29, 0.717) is 0 Å². The molecule has 0 bridgehead atoms. The fourth-order valence-electron chi connectivity index (χ4n) is 0.347. The Labute approximate surface area is 44.8 Å². The minimum atomic E-state index is 0.867. The third kappa shape index (κ3) is 5.41. The first-order chi connectivity index (χ1) is 3.41. The molecule has 0 fully saturated rings. The van der Waals surface area contributed by atoms with Crippen LogP contribution in [0, 0.1) is 0 Å². The predicted octanol–water partition coefficient (Wildman–Crippen LogP) is 1.65. The maximum Gasteiger partial charge on any atom is 0.0385 e. The molecule has 0 aromatic heterocycles. The highest BCUT2D eigenvalue weighted by molar-refractivity contribution is 5.22. The van der Waals surface area contributed by atoms with Crippen LogP contribution in [0.2, 0.25) is 0 Å². The summed E-state index contributed by atoms with van der Waals surface area (Å²) in [6.07, 6.45) is 4.04. The second-order valence-electron chi connectivity index (χ2n) is 1.38. The van der Waals surface area contributed by atoms with Crippen LogP contribution in [-0.4, -0.2) is 13.3 Å². The van der Waals surface area contributed by atoms with E-state index in [1.165, 1.54) is 0 Å². The minimum absolute atomic E-state index is 0.867. The highest BCUT2D eigenvalue weighted by atomic mass is 14.7. The molecule has 1 nitrogen and oxygen atoms in total. The average Bonchev–Trinajstić information content (AvgIpc) is 1.69. The molecule has 0 atom stereocenters. The van der Waals surface area contributed by atoms with Crippen LogP contribution in [0.15, 0.2) is 17.6 Å². The zero-order valence-corrected chi connectivity index (χ0v) is 4.56. The Hall–Kier alpha value is -0.590. The van der Waals surface area contributed by atoms with Crippen LogP contribution < -0.4 is 0 Å². The lowest BCUT2D eigenvalue weighted by atomic mass is 10.3. The van der Waals surface area contributed by atoms with Crippen molar-refractivity contribution >= 4 is 6.72 Å². The molecule has 1 heteroatoms. The van der Waals surface area contributed by atoms with Gasteiger partial charge in [0.15, 0.2) is 0 Å². The van der Waals surface area contributed by atoms with Crippen molar-refractivity contribution in [1.29, 1.82) is 0 Å². The molecule has 0 unspecified atom stereocenters. The number of nitrogens with zero attached hydrogens (tertiary/aromatic N) is 1. The fourth-order valence-corrected chi connectivity index (χ4v) is 0.347. The molecule has 0 aliphatic carbocycles. The molecule has 7 heavy (non-hydrogen) atoms. The lowest BCUT2D eigenvalue weighted by Crippen LogP contribution is -1.74. The number of hydrogen-bond donors (Lipinski definition) is 0. The molecule has 0 amide bonds. The van der Waals surface area contributed by atoms with Crippen LogP contribution in [0.3, 0.4) is 0 Å². The molecule has 0 rings (SSSR count). The Morgan fingerprint density at radius 1 is 1.57 bits per heavy atom. The second kappa shape index (κ2) is 5.41. The van der Waals surface area contributed by atoms with Gasteiger partial charge in [-0.05, 0) is 19.6 Å². The van der Waals surface area contributed by atoms with Gasteiger partial charge >= 0.3 is 0 Å². The van der Waals surface area contributed by atoms with Crippen molar-refractivity contribution < 1.29 is 0 Å². The van der Waals surface area contributed by atoms with Gasteiger partial charge in [0, 0.05) is 6.54 Å². The minimum Gasteiger partial charge on any atom is -0.301 e. The summed E-state index contributed by atoms with van der Waals surface area (Å²) in [6.45, 7) is 7.79. The molecule has 40 valence electrons. The van der Waals surface area contributed by atoms with Crippen LogP contribution in [-0.2, 0) is 0 Å². The van der Waals surface area contributed by atoms with E-state index in [-0.39, 0.29) is 0 Å². The normalized spacial score (nSPS) is 8.00. The van der Waals surface area contributed by atoms with Crippen LogP contribution >= 0.6 is 0 Å². The van der Waals surface area contributed by atoms with Gasteiger partial charge in [-0.15, -0.1) is 6.58 Å². The van der Waals surface area contributed by atoms with Gasteiger partial charge < -0.3 is 4.99 Å². The van der Waals surface area contributed by atoms with Gasteiger partial charge in [-0.1, -0.05) is 6.08 Å². The Morgan fingerprint density at radius 3 is 2.71 bits per heavy atom. The number of rotatable bonds is 4. The van der Waals surface area contributed by atoms with Crippen molar-refractivity contribution in [2.24, 2.45) is 4.99 Å². The van der Waals surface area contributed by atoms with E-state index in [1.54, 1.807) is 0 Å². The van der Waals surface area contributed by atoms with E-state index in [2.05, 4.69) is 18.3 Å². The van der Waals surface area contributed by atoms with Gasteiger partial charge in [0.1, 0.15) is 0 Å². The zero-order valence-electron chi connectivity index (χ0n) is 4.56. The highest BCUT2D eigenvalue weighted by Crippen LogP contribution is 1.86. The molecule has 0 aliphatic heterocycles. The summed E-state index contributed by atoms with van der Waals surface area (Å²) in [5.41, 5.74) is 0. The van der Waals surface area contributed by atoms with Crippen molar-refractivity contribution in [2.75, 3.05) is 6.54 Å². The summed E-state index contributed by atoms with van der Waals surface area (Å²) in [5.74, 6) is 0. The van der Waals surface area contributed by atoms with Gasteiger partial charge in [-0.3, -0.25) is 0 Å². The number of hydrogen-bond acceptors (Lipinski definition) is 1. The molecular weight excluding hydrogens is 86.1 g/mol. The Kier molecular flexibility index (Phi) is 4.95. The molecule has 0 N–H and O–H groups in total. The summed E-state index contributed by atoms with van der Waals surface area (Å²) in [4.78, 5) is 3.68. The Bertz CT molecular complexity index is 49.2. The molecule has 0 aromatic rings. The summed E-state index contributed by atoms with van der Waals surface area (Å²) >= 11 is 0. The van der Waals surface area contributed by atoms with Crippen molar-refractivity contribution in [1.82, 2.24) is 0 Å². The smallest absolute Gasteiger partial charge is 0.0385 e. The van der Waals surface area contributed by atoms with Gasteiger partial charge in [-0.2, -0.15) is 0 Å². The molecule has 0 aromatic carbocycles. The van der Waals surface area contributed by atoms with E-state index >= 15 is 0 Å². The largest absolute Gasteiger partial charge is 0.301 e. The highest BCUT2D eigenvalue weighted by Gasteiger charge is 1.74. The van der Waals surface area contributed by atoms with Crippen molar-refractivity contribution in [2.45, 2.75) is 12.8 Å². The zero-order chi connectivity index (χ0) is 5.54. The van der Waals surface area contributed by atoms with Crippen LogP contribution in [0.1, 0.15) is 12.8 Å². The fraction of sp³-hybridized carbons (Fsp3) is 0.500. The van der Waals surface area contributed by atoms with Crippen molar-refractivity contribution in [3.8, 4) is 0 Å². The monoisotopic (exact) mass is 97.1 g/mol. The molecule has 0 heterocycles. The Morgan fingerprint density at radius 2 is 2.29 bits per heavy atom. The SMILES string of the molecule is C=CCCCN=C. The van der Waals surface area contributed by atoms with E-state index in [0.717, 1.165) is 19.4 Å². The number of allylic oxidation sites excluding steroid dienone is 1. The second-order valence-corrected chi connectivity index (χ2v) is 1.38. The quantitative estimate of drug-likeness (QED) is 0.287. The molecule has 0 saturated carbocycles. The molecule has 0 radical (unpaired) electrons. The van der Waals surface area contributed by atoms with Crippen LogP contribution in [0.4, 0.5) is 0 Å². The van der Waals surface area contributed by atoms with Gasteiger partial charge in [0.05, 0.1) is 0 Å². The maximum atomic E-state index is 3.68. The maximum absolute atomic E-state index is 3.68. The van der Waals surface area contributed by atoms with E-state index < -0.39 is 0 Å². The molecule has 0 saturated heterocycles. The summed E-state index contributed by atoms with van der Waals surface area (Å²) < 4.78 is 0. The third-order valence-electron chi connectivity index (χ3n) is 0.724. The number of aliphatic imine (C=N–C) groups is 1. The van der Waals surface area contributed by atoms with Gasteiger partial charge in [0.25, 0.3) is 0 Å². The van der Waals surface area contributed by atoms with Crippen molar-refractivity contribution in [3.05, 3.63) is 12.7 Å². The lowest BCUT2D eigenvalue weighted by molar-refractivity contribution is 0.862. The molecule has 0 aliphatic rings. The first-order valence-electron chi connectivity index (χ1n) is 2.45. The van der Waals surface area contributed by atoms with Gasteiger partial charge in [0.2, 0.25) is 0 Å². The Balaban J connectivity index is 2.68. The van der Waals surface area contributed by atoms with Crippen LogP contribution in [0.25, 0.3) is 0 Å². The molecule has 0 spiro atoms. The number of unbranched alkanes of at least 4 members (excludes halogenated alkanes) is 1. The summed E-state index contributed by atoms with van der Waals surface area (Å²) in [7, 11) is 0. The predicted molar refractivity (Wildman–Crippen MR) is 33.8 cm³/mol. The average molecular weight is 97.2 g/mol. The van der Waals surface area contributed by atoms with E-state index in [4.69, 9.17) is 0 Å². The standard InChI is InChI=1S/C6H11N/c1-3-4-5-6-7-2/h3H,1-2,4-6H2.